The summed E-state index contributed by atoms with van der Waals surface area (Å²) >= 11 is 0. The van der Waals surface area contributed by atoms with Crippen molar-refractivity contribution in [1.29, 1.82) is 5.26 Å². The van der Waals surface area contributed by atoms with Gasteiger partial charge in [-0.3, -0.25) is 10.1 Å². The molecule has 4 bridgehead atoms. The number of rotatable bonds is 4. The Hall–Kier alpha value is -2.55. The van der Waals surface area contributed by atoms with Gasteiger partial charge in [0.1, 0.15) is 5.75 Å². The van der Waals surface area contributed by atoms with Gasteiger partial charge < -0.3 is 10.1 Å². The topological polar surface area (TPSA) is 91.2 Å². The molecule has 0 spiro atoms. The zero-order valence-electron chi connectivity index (χ0n) is 15.5. The standard InChI is InChI=1S/C21H25N3O3/c1-13(27-18-4-2-3-14(8-18)12-22)19(25)23-20(26)24-21-9-15-5-16(10-21)7-17(6-15)11-21/h2-4,8,13,15-17H,5-7,9-11H2,1H3,(H2,23,24,25,26)/t13-,15?,16?,17?,21?/m0/s1. The van der Waals surface area contributed by atoms with Crippen LogP contribution in [-0.4, -0.2) is 23.6 Å². The maximum Gasteiger partial charge on any atom is 0.321 e. The number of carbonyl (C=O) groups is 2. The zero-order valence-corrected chi connectivity index (χ0v) is 15.5. The number of nitrogens with one attached hydrogen (secondary N) is 2. The lowest BCUT2D eigenvalue weighted by molar-refractivity contribution is -0.126. The molecule has 4 aliphatic rings. The molecule has 4 fully saturated rings. The first-order valence-corrected chi connectivity index (χ1v) is 9.74. The minimum absolute atomic E-state index is 0.135. The van der Waals surface area contributed by atoms with Crippen molar-refractivity contribution < 1.29 is 14.3 Å². The molecule has 0 aliphatic heterocycles. The first kappa shape index (κ1) is 17.8. The number of hydrogen-bond donors (Lipinski definition) is 2. The van der Waals surface area contributed by atoms with Crippen molar-refractivity contribution in [3.63, 3.8) is 0 Å². The van der Waals surface area contributed by atoms with Crippen LogP contribution in [0.1, 0.15) is 51.0 Å². The van der Waals surface area contributed by atoms with Crippen molar-refractivity contribution in [1.82, 2.24) is 10.6 Å². The van der Waals surface area contributed by atoms with Crippen molar-refractivity contribution in [2.75, 3.05) is 0 Å². The van der Waals surface area contributed by atoms with Gasteiger partial charge in [0.2, 0.25) is 0 Å². The summed E-state index contributed by atoms with van der Waals surface area (Å²) in [5, 5.41) is 14.5. The molecule has 1 aromatic carbocycles. The molecule has 4 saturated carbocycles. The minimum atomic E-state index is -0.832. The highest BCUT2D eigenvalue weighted by molar-refractivity contribution is 5.96. The van der Waals surface area contributed by atoms with E-state index in [2.05, 4.69) is 10.6 Å². The average Bonchev–Trinajstić information content (AvgIpc) is 2.60. The van der Waals surface area contributed by atoms with Crippen molar-refractivity contribution in [3.05, 3.63) is 29.8 Å². The molecular weight excluding hydrogens is 342 g/mol. The van der Waals surface area contributed by atoms with Crippen LogP contribution in [0.5, 0.6) is 5.75 Å². The van der Waals surface area contributed by atoms with Gasteiger partial charge in [-0.15, -0.1) is 0 Å². The highest BCUT2D eigenvalue weighted by Gasteiger charge is 2.51. The third-order valence-electron chi connectivity index (χ3n) is 6.30. The number of ether oxygens (including phenoxy) is 1. The number of imide groups is 1. The van der Waals surface area contributed by atoms with Gasteiger partial charge in [-0.05, 0) is 81.4 Å². The van der Waals surface area contributed by atoms with E-state index >= 15 is 0 Å². The lowest BCUT2D eigenvalue weighted by atomic mass is 9.53. The van der Waals surface area contributed by atoms with Crippen LogP contribution in [0, 0.1) is 29.1 Å². The minimum Gasteiger partial charge on any atom is -0.481 e. The second-order valence-electron chi connectivity index (χ2n) is 8.54. The van der Waals surface area contributed by atoms with E-state index in [0.29, 0.717) is 11.3 Å². The van der Waals surface area contributed by atoms with Gasteiger partial charge in [0, 0.05) is 5.54 Å². The van der Waals surface area contributed by atoms with E-state index in [4.69, 9.17) is 10.00 Å². The van der Waals surface area contributed by atoms with E-state index in [0.717, 1.165) is 37.0 Å². The van der Waals surface area contributed by atoms with Gasteiger partial charge in [-0.25, -0.2) is 4.79 Å². The molecule has 1 atom stereocenters. The van der Waals surface area contributed by atoms with E-state index < -0.39 is 18.0 Å². The van der Waals surface area contributed by atoms with Crippen LogP contribution in [-0.2, 0) is 4.79 Å². The molecule has 0 unspecified atom stereocenters. The van der Waals surface area contributed by atoms with Crippen molar-refractivity contribution in [3.8, 4) is 11.8 Å². The summed E-state index contributed by atoms with van der Waals surface area (Å²) in [5.41, 5.74) is 0.323. The van der Waals surface area contributed by atoms with E-state index in [1.165, 1.54) is 19.3 Å². The number of benzene rings is 1. The summed E-state index contributed by atoms with van der Waals surface area (Å²) in [6.45, 7) is 1.59. The largest absolute Gasteiger partial charge is 0.481 e. The number of urea groups is 1. The number of hydrogen-bond acceptors (Lipinski definition) is 4. The Bertz CT molecular complexity index is 763. The second-order valence-corrected chi connectivity index (χ2v) is 8.54. The second kappa shape index (κ2) is 6.88. The lowest BCUT2D eigenvalue weighted by Crippen LogP contribution is -2.62. The van der Waals surface area contributed by atoms with Crippen molar-refractivity contribution in [2.24, 2.45) is 17.8 Å². The normalized spacial score (nSPS) is 31.6. The highest BCUT2D eigenvalue weighted by atomic mass is 16.5. The molecule has 5 rings (SSSR count). The quantitative estimate of drug-likeness (QED) is 0.855. The number of nitriles is 1. The highest BCUT2D eigenvalue weighted by Crippen LogP contribution is 2.55. The molecule has 1 aromatic rings. The summed E-state index contributed by atoms with van der Waals surface area (Å²) in [6.07, 6.45) is 6.17. The van der Waals surface area contributed by atoms with Gasteiger partial charge in [0.05, 0.1) is 11.6 Å². The van der Waals surface area contributed by atoms with Gasteiger partial charge in [-0.1, -0.05) is 6.07 Å². The van der Waals surface area contributed by atoms with Crippen LogP contribution in [0.25, 0.3) is 0 Å². The Balaban J connectivity index is 1.32. The van der Waals surface area contributed by atoms with Crippen LogP contribution in [0.3, 0.4) is 0 Å². The van der Waals surface area contributed by atoms with Crippen molar-refractivity contribution >= 4 is 11.9 Å². The van der Waals surface area contributed by atoms with E-state index in [1.807, 2.05) is 6.07 Å². The third-order valence-corrected chi connectivity index (χ3v) is 6.30. The SMILES string of the molecule is C[C@H](Oc1cccc(C#N)c1)C(=O)NC(=O)NC12CC3CC(CC(C3)C1)C2. The number of nitrogens with zero attached hydrogens (tertiary/aromatic N) is 1. The van der Waals surface area contributed by atoms with E-state index in [1.54, 1.807) is 31.2 Å². The molecule has 4 aliphatic carbocycles. The number of carbonyl (C=O) groups excluding carboxylic acids is 2. The van der Waals surface area contributed by atoms with Crippen LogP contribution in [0.4, 0.5) is 4.79 Å². The molecule has 0 radical (unpaired) electrons. The number of amides is 3. The Morgan fingerprint density at radius 2 is 1.81 bits per heavy atom. The molecule has 3 amide bonds. The Labute approximate surface area is 159 Å². The molecular formula is C21H25N3O3. The average molecular weight is 367 g/mol. The fourth-order valence-electron chi connectivity index (χ4n) is 5.65. The summed E-state index contributed by atoms with van der Waals surface area (Å²) in [4.78, 5) is 24.8. The lowest BCUT2D eigenvalue weighted by Gasteiger charge is -2.56. The molecule has 27 heavy (non-hydrogen) atoms. The third kappa shape index (κ3) is 3.78. The Kier molecular flexibility index (Phi) is 4.55. The predicted molar refractivity (Wildman–Crippen MR) is 98.8 cm³/mol. The molecule has 2 N–H and O–H groups in total. The molecule has 142 valence electrons. The zero-order chi connectivity index (χ0) is 19.0. The summed E-state index contributed by atoms with van der Waals surface area (Å²) < 4.78 is 5.57. The molecule has 0 saturated heterocycles. The molecule has 6 heteroatoms. The smallest absolute Gasteiger partial charge is 0.321 e. The van der Waals surface area contributed by atoms with Gasteiger partial charge in [-0.2, -0.15) is 5.26 Å². The fourth-order valence-corrected chi connectivity index (χ4v) is 5.65. The molecule has 0 aromatic heterocycles. The molecule has 6 nitrogen and oxygen atoms in total. The first-order chi connectivity index (χ1) is 12.9. The predicted octanol–water partition coefficient (Wildman–Crippen LogP) is 3.12. The summed E-state index contributed by atoms with van der Waals surface area (Å²) in [7, 11) is 0. The molecule has 0 heterocycles. The van der Waals surface area contributed by atoms with Gasteiger partial charge in [0.25, 0.3) is 5.91 Å². The van der Waals surface area contributed by atoms with E-state index in [9.17, 15) is 9.59 Å². The summed E-state index contributed by atoms with van der Waals surface area (Å²) in [5.74, 6) is 2.11. The van der Waals surface area contributed by atoms with E-state index in [-0.39, 0.29) is 5.54 Å². The van der Waals surface area contributed by atoms with Crippen LogP contribution in [0.15, 0.2) is 24.3 Å². The van der Waals surface area contributed by atoms with Crippen molar-refractivity contribution in [2.45, 2.75) is 57.1 Å². The Morgan fingerprint density at radius 1 is 1.19 bits per heavy atom. The maximum atomic E-state index is 12.5. The van der Waals surface area contributed by atoms with Gasteiger partial charge in [0.15, 0.2) is 6.10 Å². The Morgan fingerprint density at radius 3 is 2.41 bits per heavy atom. The van der Waals surface area contributed by atoms with Crippen LogP contribution < -0.4 is 15.4 Å². The first-order valence-electron chi connectivity index (χ1n) is 9.74. The van der Waals surface area contributed by atoms with Gasteiger partial charge >= 0.3 is 6.03 Å². The van der Waals surface area contributed by atoms with Crippen LogP contribution in [0.2, 0.25) is 0 Å². The van der Waals surface area contributed by atoms with Crippen LogP contribution >= 0.6 is 0 Å². The monoisotopic (exact) mass is 367 g/mol. The maximum absolute atomic E-state index is 12.5. The summed E-state index contributed by atoms with van der Waals surface area (Å²) in [6, 6.07) is 8.21. The fraction of sp³-hybridized carbons (Fsp3) is 0.571.